The maximum atomic E-state index is 6.04. The summed E-state index contributed by atoms with van der Waals surface area (Å²) < 4.78 is 6.04. The van der Waals surface area contributed by atoms with E-state index in [9.17, 15) is 0 Å². The van der Waals surface area contributed by atoms with Gasteiger partial charge in [-0.25, -0.2) is 0 Å². The topological polar surface area (TPSA) is 12.5 Å². The lowest BCUT2D eigenvalue weighted by molar-refractivity contribution is -0.0926. The summed E-state index contributed by atoms with van der Waals surface area (Å²) in [5.41, 5.74) is 1.40. The van der Waals surface area contributed by atoms with E-state index in [4.69, 9.17) is 4.74 Å². The molecule has 0 unspecified atom stereocenters. The lowest BCUT2D eigenvalue weighted by Crippen LogP contribution is -2.46. The minimum Gasteiger partial charge on any atom is -0.359 e. The first-order chi connectivity index (χ1) is 7.80. The van der Waals surface area contributed by atoms with Crippen molar-refractivity contribution in [2.24, 2.45) is 0 Å². The van der Waals surface area contributed by atoms with E-state index in [1.54, 1.807) is 0 Å². The molecule has 2 heterocycles. The fourth-order valence-electron chi connectivity index (χ4n) is 3.06. The molecule has 0 N–H and O–H groups in total. The fraction of sp³-hybridized carbons (Fsp3) is 0.571. The zero-order valence-corrected chi connectivity index (χ0v) is 9.86. The third kappa shape index (κ3) is 1.57. The molecule has 0 spiro atoms. The number of ether oxygens (including phenoxy) is 1. The van der Waals surface area contributed by atoms with Gasteiger partial charge in [-0.05, 0) is 31.7 Å². The number of fused-ring (bicyclic) bond motifs is 1. The minimum absolute atomic E-state index is 0.00123. The van der Waals surface area contributed by atoms with Crippen LogP contribution in [0.2, 0.25) is 0 Å². The Morgan fingerprint density at radius 1 is 1.25 bits per heavy atom. The van der Waals surface area contributed by atoms with Crippen molar-refractivity contribution in [1.29, 1.82) is 0 Å². The summed E-state index contributed by atoms with van der Waals surface area (Å²) in [6, 6.07) is 11.2. The molecule has 2 atom stereocenters. The number of benzene rings is 1. The molecule has 0 aliphatic carbocycles. The van der Waals surface area contributed by atoms with Gasteiger partial charge < -0.3 is 4.74 Å². The number of nitrogens with zero attached hydrogens (tertiary/aromatic N) is 1. The second-order valence-corrected chi connectivity index (χ2v) is 5.06. The van der Waals surface area contributed by atoms with E-state index in [1.165, 1.54) is 31.4 Å². The fourth-order valence-corrected chi connectivity index (χ4v) is 3.06. The first-order valence-electron chi connectivity index (χ1n) is 6.25. The molecule has 0 saturated carbocycles. The second-order valence-electron chi connectivity index (χ2n) is 5.06. The van der Waals surface area contributed by atoms with Crippen LogP contribution in [-0.4, -0.2) is 23.8 Å². The molecule has 1 aromatic carbocycles. The van der Waals surface area contributed by atoms with Crippen LogP contribution in [0.25, 0.3) is 0 Å². The zero-order valence-electron chi connectivity index (χ0n) is 9.86. The maximum Gasteiger partial charge on any atom is 0.119 e. The molecular formula is C14H19NO. The highest BCUT2D eigenvalue weighted by Gasteiger charge is 2.45. The van der Waals surface area contributed by atoms with Crippen LogP contribution >= 0.6 is 0 Å². The van der Waals surface area contributed by atoms with Gasteiger partial charge in [-0.2, -0.15) is 0 Å². The third-order valence-electron chi connectivity index (χ3n) is 4.01. The Hall–Kier alpha value is -0.860. The van der Waals surface area contributed by atoms with Crippen LogP contribution < -0.4 is 0 Å². The molecule has 0 aromatic heterocycles. The minimum atomic E-state index is -0.00123. The summed E-state index contributed by atoms with van der Waals surface area (Å²) >= 11 is 0. The number of hydrogen-bond acceptors (Lipinski definition) is 2. The Labute approximate surface area is 97.2 Å². The number of rotatable bonds is 1. The molecule has 0 bridgehead atoms. The van der Waals surface area contributed by atoms with Crippen molar-refractivity contribution in [1.82, 2.24) is 4.90 Å². The summed E-state index contributed by atoms with van der Waals surface area (Å²) in [6.45, 7) is 4.27. The Morgan fingerprint density at radius 3 is 2.88 bits per heavy atom. The van der Waals surface area contributed by atoms with Gasteiger partial charge in [0, 0.05) is 6.54 Å². The van der Waals surface area contributed by atoms with Crippen LogP contribution in [0, 0.1) is 0 Å². The van der Waals surface area contributed by atoms with Gasteiger partial charge in [0.25, 0.3) is 0 Å². The maximum absolute atomic E-state index is 6.04. The highest BCUT2D eigenvalue weighted by Crippen LogP contribution is 2.42. The summed E-state index contributed by atoms with van der Waals surface area (Å²) in [4.78, 5) is 2.55. The SMILES string of the molecule is C[C@]12CCCCN1[C@H](c1ccccc1)CO2. The van der Waals surface area contributed by atoms with Crippen LogP contribution in [0.1, 0.15) is 37.8 Å². The van der Waals surface area contributed by atoms with Gasteiger partial charge in [-0.3, -0.25) is 4.90 Å². The van der Waals surface area contributed by atoms with Crippen molar-refractivity contribution in [2.45, 2.75) is 38.0 Å². The summed E-state index contributed by atoms with van der Waals surface area (Å²) in [5.74, 6) is 0. The van der Waals surface area contributed by atoms with Crippen molar-refractivity contribution in [3.05, 3.63) is 35.9 Å². The van der Waals surface area contributed by atoms with Crippen molar-refractivity contribution in [3.63, 3.8) is 0 Å². The molecule has 1 aromatic rings. The second kappa shape index (κ2) is 3.86. The van der Waals surface area contributed by atoms with E-state index < -0.39 is 0 Å². The predicted molar refractivity (Wildman–Crippen MR) is 64.1 cm³/mol. The van der Waals surface area contributed by atoms with Crippen molar-refractivity contribution >= 4 is 0 Å². The highest BCUT2D eigenvalue weighted by molar-refractivity contribution is 5.21. The lowest BCUT2D eigenvalue weighted by atomic mass is 9.97. The zero-order chi connectivity index (χ0) is 11.0. The monoisotopic (exact) mass is 217 g/mol. The first-order valence-corrected chi connectivity index (χ1v) is 6.25. The van der Waals surface area contributed by atoms with Crippen LogP contribution in [0.15, 0.2) is 30.3 Å². The van der Waals surface area contributed by atoms with Crippen LogP contribution in [-0.2, 0) is 4.74 Å². The van der Waals surface area contributed by atoms with Crippen molar-refractivity contribution in [2.75, 3.05) is 13.2 Å². The van der Waals surface area contributed by atoms with Gasteiger partial charge in [-0.1, -0.05) is 30.3 Å². The van der Waals surface area contributed by atoms with Crippen molar-refractivity contribution in [3.8, 4) is 0 Å². The van der Waals surface area contributed by atoms with E-state index in [0.29, 0.717) is 6.04 Å². The standard InChI is InChI=1S/C14H19NO/c1-14-9-5-6-10-15(14)13(11-16-14)12-7-3-2-4-8-12/h2-4,7-8,13H,5-6,9-11H2,1H3/t13-,14-/m0/s1. The summed E-state index contributed by atoms with van der Waals surface area (Å²) in [7, 11) is 0. The molecule has 2 aliphatic rings. The molecule has 2 heteroatoms. The largest absolute Gasteiger partial charge is 0.359 e. The van der Waals surface area contributed by atoms with Crippen LogP contribution in [0.5, 0.6) is 0 Å². The molecular weight excluding hydrogens is 198 g/mol. The Kier molecular flexibility index (Phi) is 2.49. The first kappa shape index (κ1) is 10.3. The molecule has 2 nitrogen and oxygen atoms in total. The Bertz CT molecular complexity index is 364. The van der Waals surface area contributed by atoms with E-state index in [0.717, 1.165) is 6.61 Å². The lowest BCUT2D eigenvalue weighted by Gasteiger charge is -2.40. The van der Waals surface area contributed by atoms with E-state index in [-0.39, 0.29) is 5.72 Å². The van der Waals surface area contributed by atoms with Gasteiger partial charge in [0.05, 0.1) is 12.6 Å². The molecule has 2 aliphatic heterocycles. The number of piperidine rings is 1. The normalized spacial score (nSPS) is 34.9. The van der Waals surface area contributed by atoms with Gasteiger partial charge >= 0.3 is 0 Å². The average Bonchev–Trinajstić information content (AvgIpc) is 2.67. The predicted octanol–water partition coefficient (Wildman–Crippen LogP) is 2.96. The molecule has 0 amide bonds. The molecule has 0 radical (unpaired) electrons. The van der Waals surface area contributed by atoms with E-state index in [1.807, 2.05) is 0 Å². The Balaban J connectivity index is 1.88. The van der Waals surface area contributed by atoms with Crippen LogP contribution in [0.3, 0.4) is 0 Å². The third-order valence-corrected chi connectivity index (χ3v) is 4.01. The van der Waals surface area contributed by atoms with E-state index in [2.05, 4.69) is 42.2 Å². The summed E-state index contributed by atoms with van der Waals surface area (Å²) in [5, 5.41) is 0. The van der Waals surface area contributed by atoms with Crippen LogP contribution in [0.4, 0.5) is 0 Å². The smallest absolute Gasteiger partial charge is 0.119 e. The Morgan fingerprint density at radius 2 is 2.06 bits per heavy atom. The summed E-state index contributed by atoms with van der Waals surface area (Å²) in [6.07, 6.45) is 3.78. The van der Waals surface area contributed by atoms with Gasteiger partial charge in [0.15, 0.2) is 0 Å². The van der Waals surface area contributed by atoms with Gasteiger partial charge in [-0.15, -0.1) is 0 Å². The van der Waals surface area contributed by atoms with Gasteiger partial charge in [0.2, 0.25) is 0 Å². The molecule has 3 rings (SSSR count). The van der Waals surface area contributed by atoms with Crippen molar-refractivity contribution < 1.29 is 4.74 Å². The average molecular weight is 217 g/mol. The van der Waals surface area contributed by atoms with E-state index >= 15 is 0 Å². The molecule has 2 saturated heterocycles. The van der Waals surface area contributed by atoms with Gasteiger partial charge in [0.1, 0.15) is 5.72 Å². The number of hydrogen-bond donors (Lipinski definition) is 0. The quantitative estimate of drug-likeness (QED) is 0.717. The molecule has 86 valence electrons. The molecule has 2 fully saturated rings. The molecule has 16 heavy (non-hydrogen) atoms. The highest BCUT2D eigenvalue weighted by atomic mass is 16.5.